The molecule has 2 saturated heterocycles. The van der Waals surface area contributed by atoms with Crippen molar-refractivity contribution in [1.29, 1.82) is 0 Å². The first kappa shape index (κ1) is 27.6. The number of hydrogen-bond donors (Lipinski definition) is 3. The van der Waals surface area contributed by atoms with Crippen molar-refractivity contribution in [2.75, 3.05) is 41.8 Å². The van der Waals surface area contributed by atoms with Crippen LogP contribution in [0.15, 0.2) is 66.7 Å². The maximum Gasteiger partial charge on any atom is 0.323 e. The Labute approximate surface area is 232 Å². The summed E-state index contributed by atoms with van der Waals surface area (Å²) in [7, 11) is 0. The van der Waals surface area contributed by atoms with E-state index in [9.17, 15) is 18.4 Å². The lowest BCUT2D eigenvalue weighted by Gasteiger charge is -2.35. The summed E-state index contributed by atoms with van der Waals surface area (Å²) >= 11 is 0. The van der Waals surface area contributed by atoms with Gasteiger partial charge in [0.15, 0.2) is 0 Å². The first-order valence-electron chi connectivity index (χ1n) is 13.8. The molecule has 2 aliphatic rings. The van der Waals surface area contributed by atoms with Crippen LogP contribution in [0, 0.1) is 17.6 Å². The summed E-state index contributed by atoms with van der Waals surface area (Å²) in [6.07, 6.45) is 4.95. The molecule has 0 aliphatic carbocycles. The number of benzene rings is 3. The molecule has 0 bridgehead atoms. The van der Waals surface area contributed by atoms with Gasteiger partial charge in [-0.2, -0.15) is 0 Å². The van der Waals surface area contributed by atoms with Gasteiger partial charge in [0.05, 0.1) is 17.4 Å². The van der Waals surface area contributed by atoms with Crippen molar-refractivity contribution in [3.8, 4) is 0 Å². The van der Waals surface area contributed by atoms with Crippen LogP contribution in [0.2, 0.25) is 0 Å². The van der Waals surface area contributed by atoms with Crippen LogP contribution in [-0.2, 0) is 11.2 Å². The molecule has 3 N–H and O–H groups in total. The number of ether oxygens (including phenoxy) is 1. The lowest BCUT2D eigenvalue weighted by atomic mass is 9.89. The topological polar surface area (TPSA) is 82.7 Å². The molecule has 3 aromatic carbocycles. The minimum absolute atomic E-state index is 0.00109. The molecule has 0 aromatic heterocycles. The average molecular weight is 549 g/mol. The fourth-order valence-corrected chi connectivity index (χ4v) is 5.38. The van der Waals surface area contributed by atoms with Crippen molar-refractivity contribution >= 4 is 29.0 Å². The number of anilines is 3. The van der Waals surface area contributed by atoms with Gasteiger partial charge in [-0.1, -0.05) is 30.3 Å². The summed E-state index contributed by atoms with van der Waals surface area (Å²) in [6, 6.07) is 17.9. The largest absolute Gasteiger partial charge is 0.376 e. The maximum absolute atomic E-state index is 14.0. The molecule has 2 aliphatic heterocycles. The predicted molar refractivity (Wildman–Crippen MR) is 152 cm³/mol. The summed E-state index contributed by atoms with van der Waals surface area (Å²) in [4.78, 5) is 28.2. The Bertz CT molecular complexity index is 1320. The van der Waals surface area contributed by atoms with Gasteiger partial charge in [-0.25, -0.2) is 13.6 Å². The first-order chi connectivity index (χ1) is 19.4. The third-order valence-corrected chi connectivity index (χ3v) is 7.52. The molecule has 1 atom stereocenters. The van der Waals surface area contributed by atoms with Crippen LogP contribution in [0.4, 0.5) is 30.6 Å². The number of piperidine rings is 1. The van der Waals surface area contributed by atoms with Gasteiger partial charge < -0.3 is 25.6 Å². The number of carbonyl (C=O) groups is 2. The number of halogens is 2. The van der Waals surface area contributed by atoms with E-state index in [2.05, 4.69) is 45.1 Å². The summed E-state index contributed by atoms with van der Waals surface area (Å²) < 4.78 is 32.8. The number of nitrogens with zero attached hydrogens (tertiary/aromatic N) is 1. The lowest BCUT2D eigenvalue weighted by Crippen LogP contribution is -2.37. The van der Waals surface area contributed by atoms with Crippen LogP contribution >= 0.6 is 0 Å². The number of rotatable bonds is 8. The fraction of sp³-hybridized carbons (Fsp3) is 0.355. The van der Waals surface area contributed by atoms with Crippen LogP contribution in [-0.4, -0.2) is 44.3 Å². The summed E-state index contributed by atoms with van der Waals surface area (Å²) in [6.45, 7) is 2.76. The highest BCUT2D eigenvalue weighted by Gasteiger charge is 2.25. The lowest BCUT2D eigenvalue weighted by molar-refractivity contribution is 0.0858. The zero-order valence-electron chi connectivity index (χ0n) is 22.3. The van der Waals surface area contributed by atoms with E-state index >= 15 is 0 Å². The molecule has 3 amide bonds. The van der Waals surface area contributed by atoms with Gasteiger partial charge in [0.25, 0.3) is 5.91 Å². The second-order valence-electron chi connectivity index (χ2n) is 10.4. The molecular formula is C31H34F2N4O3. The van der Waals surface area contributed by atoms with Gasteiger partial charge in [-0.15, -0.1) is 0 Å². The van der Waals surface area contributed by atoms with Gasteiger partial charge in [0.1, 0.15) is 11.6 Å². The summed E-state index contributed by atoms with van der Waals surface area (Å²) in [5.41, 5.74) is 2.82. The number of nitrogens with one attached hydrogen (secondary N) is 3. The van der Waals surface area contributed by atoms with E-state index in [0.717, 1.165) is 63.0 Å². The molecule has 0 radical (unpaired) electrons. The minimum atomic E-state index is -0.879. The van der Waals surface area contributed by atoms with Crippen molar-refractivity contribution in [3.63, 3.8) is 0 Å². The molecule has 2 fully saturated rings. The number of carbonyl (C=O) groups excluding carboxylic acids is 2. The number of urea groups is 1. The Balaban J connectivity index is 1.28. The molecule has 0 unspecified atom stereocenters. The normalized spacial score (nSPS) is 17.4. The molecule has 3 aromatic rings. The maximum atomic E-state index is 14.0. The van der Waals surface area contributed by atoms with Crippen LogP contribution in [0.25, 0.3) is 0 Å². The Morgan fingerprint density at radius 2 is 1.73 bits per heavy atom. The van der Waals surface area contributed by atoms with E-state index in [1.807, 2.05) is 12.1 Å². The van der Waals surface area contributed by atoms with Crippen molar-refractivity contribution in [3.05, 3.63) is 89.5 Å². The average Bonchev–Trinajstić information content (AvgIpc) is 3.48. The number of amides is 3. The van der Waals surface area contributed by atoms with Crippen LogP contribution in [0.1, 0.15) is 41.6 Å². The first-order valence-corrected chi connectivity index (χ1v) is 13.8. The fourth-order valence-electron chi connectivity index (χ4n) is 5.38. The van der Waals surface area contributed by atoms with Gasteiger partial charge in [-0.3, -0.25) is 4.79 Å². The highest BCUT2D eigenvalue weighted by molar-refractivity contribution is 6.04. The van der Waals surface area contributed by atoms with Crippen molar-refractivity contribution in [2.24, 2.45) is 5.92 Å². The van der Waals surface area contributed by atoms with Crippen molar-refractivity contribution in [2.45, 2.75) is 38.2 Å². The molecule has 9 heteroatoms. The van der Waals surface area contributed by atoms with Crippen molar-refractivity contribution < 1.29 is 23.1 Å². The standard InChI is InChI=1S/C31H34F2N4O3/c32-23-8-10-28(27(33)18-23)36-31(39)35-24-9-11-29(26(19-24)30(38)34-20-25-7-4-16-40-25)37-14-12-22(13-15-37)17-21-5-2-1-3-6-21/h1-3,5-6,8-11,18-19,22,25H,4,7,12-17,20H2,(H,34,38)(H2,35,36,39)/t25-/m0/s1. The molecule has 5 rings (SSSR count). The zero-order valence-corrected chi connectivity index (χ0v) is 22.3. The molecule has 0 saturated carbocycles. The minimum Gasteiger partial charge on any atom is -0.376 e. The highest BCUT2D eigenvalue weighted by Crippen LogP contribution is 2.30. The highest BCUT2D eigenvalue weighted by atomic mass is 19.1. The van der Waals surface area contributed by atoms with Gasteiger partial charge >= 0.3 is 6.03 Å². The molecule has 7 nitrogen and oxygen atoms in total. The van der Waals surface area contributed by atoms with Crippen LogP contribution in [0.3, 0.4) is 0 Å². The Morgan fingerprint density at radius 1 is 0.925 bits per heavy atom. The van der Waals surface area contributed by atoms with E-state index in [4.69, 9.17) is 4.74 Å². The monoisotopic (exact) mass is 548 g/mol. The van der Waals surface area contributed by atoms with Gasteiger partial charge in [0, 0.05) is 43.7 Å². The third kappa shape index (κ3) is 7.15. The van der Waals surface area contributed by atoms with E-state index < -0.39 is 17.7 Å². The molecule has 2 heterocycles. The third-order valence-electron chi connectivity index (χ3n) is 7.52. The second-order valence-corrected chi connectivity index (χ2v) is 10.4. The van der Waals surface area contributed by atoms with E-state index in [-0.39, 0.29) is 17.7 Å². The van der Waals surface area contributed by atoms with Crippen LogP contribution in [0.5, 0.6) is 0 Å². The molecule has 0 spiro atoms. The zero-order chi connectivity index (χ0) is 27.9. The van der Waals surface area contributed by atoms with E-state index in [1.165, 1.54) is 5.56 Å². The quantitative estimate of drug-likeness (QED) is 0.324. The van der Waals surface area contributed by atoms with E-state index in [1.54, 1.807) is 12.1 Å². The summed E-state index contributed by atoms with van der Waals surface area (Å²) in [5, 5.41) is 8.03. The Morgan fingerprint density at radius 3 is 2.45 bits per heavy atom. The van der Waals surface area contributed by atoms with Gasteiger partial charge in [-0.05, 0) is 73.9 Å². The SMILES string of the molecule is O=C(Nc1ccc(N2CCC(Cc3ccccc3)CC2)c(C(=O)NC[C@@H]2CCCO2)c1)Nc1ccc(F)cc1F. The predicted octanol–water partition coefficient (Wildman–Crippen LogP) is 5.98. The number of hydrogen-bond acceptors (Lipinski definition) is 4. The smallest absolute Gasteiger partial charge is 0.323 e. The second kappa shape index (κ2) is 12.9. The molecule has 210 valence electrons. The van der Waals surface area contributed by atoms with Gasteiger partial charge in [0.2, 0.25) is 0 Å². The molecule has 40 heavy (non-hydrogen) atoms. The Kier molecular flexibility index (Phi) is 8.91. The Hall–Kier alpha value is -3.98. The van der Waals surface area contributed by atoms with E-state index in [0.29, 0.717) is 36.4 Å². The van der Waals surface area contributed by atoms with Crippen molar-refractivity contribution in [1.82, 2.24) is 5.32 Å². The molecular weight excluding hydrogens is 514 g/mol. The summed E-state index contributed by atoms with van der Waals surface area (Å²) in [5.74, 6) is -1.28. The van der Waals surface area contributed by atoms with Crippen LogP contribution < -0.4 is 20.9 Å².